The summed E-state index contributed by atoms with van der Waals surface area (Å²) in [6, 6.07) is 0. The lowest BCUT2D eigenvalue weighted by molar-refractivity contribution is 0.145. The molecular formula is C8H8F2INO. The van der Waals surface area contributed by atoms with E-state index in [0.29, 0.717) is 5.56 Å². The zero-order valence-corrected chi connectivity index (χ0v) is 9.05. The molecule has 2 nitrogen and oxygen atoms in total. The number of aliphatic hydroxyl groups excluding tert-OH is 1. The number of nitrogens with zero attached hydrogens (tertiary/aromatic N) is 1. The van der Waals surface area contributed by atoms with Gasteiger partial charge in [-0.2, -0.15) is 0 Å². The van der Waals surface area contributed by atoms with E-state index in [1.807, 2.05) is 0 Å². The van der Waals surface area contributed by atoms with Gasteiger partial charge < -0.3 is 5.11 Å². The van der Waals surface area contributed by atoms with Gasteiger partial charge in [-0.25, -0.2) is 13.8 Å². The Morgan fingerprint density at radius 3 is 2.62 bits per heavy atom. The standard InChI is InChI=1S/C8H8F2INO/c1-4-2-12-8(11)6(7(9)10)5(4)3-13/h2,7,13H,3H2,1H3. The van der Waals surface area contributed by atoms with Gasteiger partial charge in [0.2, 0.25) is 0 Å². The molecule has 1 rings (SSSR count). The van der Waals surface area contributed by atoms with Crippen molar-refractivity contribution in [3.05, 3.63) is 26.6 Å². The second-order valence-electron chi connectivity index (χ2n) is 2.58. The molecule has 72 valence electrons. The lowest BCUT2D eigenvalue weighted by atomic mass is 10.1. The van der Waals surface area contributed by atoms with Crippen molar-refractivity contribution in [1.82, 2.24) is 4.98 Å². The summed E-state index contributed by atoms with van der Waals surface area (Å²) < 4.78 is 25.3. The fourth-order valence-corrected chi connectivity index (χ4v) is 1.77. The molecule has 0 atom stereocenters. The summed E-state index contributed by atoms with van der Waals surface area (Å²) in [5, 5.41) is 8.91. The molecule has 5 heteroatoms. The molecule has 0 aliphatic heterocycles. The number of hydrogen-bond acceptors (Lipinski definition) is 2. The molecule has 0 fully saturated rings. The fraction of sp³-hybridized carbons (Fsp3) is 0.375. The van der Waals surface area contributed by atoms with Gasteiger partial charge in [0, 0.05) is 6.20 Å². The van der Waals surface area contributed by atoms with Crippen molar-refractivity contribution in [3.63, 3.8) is 0 Å². The number of hydrogen-bond donors (Lipinski definition) is 1. The molecule has 0 spiro atoms. The Labute approximate surface area is 88.1 Å². The summed E-state index contributed by atoms with van der Waals surface area (Å²) in [6.45, 7) is 1.28. The lowest BCUT2D eigenvalue weighted by Crippen LogP contribution is -2.03. The smallest absolute Gasteiger partial charge is 0.266 e. The third-order valence-electron chi connectivity index (χ3n) is 1.77. The Balaban J connectivity index is 3.35. The summed E-state index contributed by atoms with van der Waals surface area (Å²) in [7, 11) is 0. The van der Waals surface area contributed by atoms with Crippen LogP contribution in [-0.2, 0) is 6.61 Å². The fourth-order valence-electron chi connectivity index (χ4n) is 1.07. The number of pyridine rings is 1. The Morgan fingerprint density at radius 1 is 1.62 bits per heavy atom. The Kier molecular flexibility index (Phi) is 3.55. The summed E-state index contributed by atoms with van der Waals surface area (Å²) in [5.41, 5.74) is 0.732. The van der Waals surface area contributed by atoms with Crippen LogP contribution in [-0.4, -0.2) is 10.1 Å². The Hall–Kier alpha value is -0.300. The van der Waals surface area contributed by atoms with Crippen LogP contribution < -0.4 is 0 Å². The minimum absolute atomic E-state index is 0.150. The third kappa shape index (κ3) is 2.14. The molecule has 0 radical (unpaired) electrons. The zero-order chi connectivity index (χ0) is 10.0. The van der Waals surface area contributed by atoms with E-state index in [1.54, 1.807) is 29.5 Å². The summed E-state index contributed by atoms with van der Waals surface area (Å²) >= 11 is 1.74. The van der Waals surface area contributed by atoms with E-state index in [9.17, 15) is 8.78 Å². The molecule has 0 bridgehead atoms. The molecule has 0 unspecified atom stereocenters. The van der Waals surface area contributed by atoms with Gasteiger partial charge in [0.1, 0.15) is 3.70 Å². The van der Waals surface area contributed by atoms with Crippen LogP contribution >= 0.6 is 22.6 Å². The van der Waals surface area contributed by atoms with Crippen LogP contribution in [0.3, 0.4) is 0 Å². The molecule has 1 heterocycles. The third-order valence-corrected chi connectivity index (χ3v) is 2.63. The van der Waals surface area contributed by atoms with Gasteiger partial charge in [0.25, 0.3) is 6.43 Å². The van der Waals surface area contributed by atoms with Crippen molar-refractivity contribution in [1.29, 1.82) is 0 Å². The molecule has 0 aromatic carbocycles. The lowest BCUT2D eigenvalue weighted by Gasteiger charge is -2.10. The topological polar surface area (TPSA) is 33.1 Å². The molecule has 1 aromatic heterocycles. The number of aromatic nitrogens is 1. The highest BCUT2D eigenvalue weighted by atomic mass is 127. The molecule has 0 aliphatic rings. The van der Waals surface area contributed by atoms with Crippen molar-refractivity contribution in [2.75, 3.05) is 0 Å². The first-order valence-corrected chi connectivity index (χ1v) is 4.68. The van der Waals surface area contributed by atoms with Crippen LogP contribution in [0.1, 0.15) is 23.1 Å². The highest BCUT2D eigenvalue weighted by Gasteiger charge is 2.18. The Bertz CT molecular complexity index is 317. The maximum atomic E-state index is 12.5. The van der Waals surface area contributed by atoms with Gasteiger partial charge in [-0.15, -0.1) is 0 Å². The summed E-state index contributed by atoms with van der Waals surface area (Å²) in [6.07, 6.45) is -1.10. The predicted molar refractivity (Wildman–Crippen MR) is 52.6 cm³/mol. The van der Waals surface area contributed by atoms with Crippen LogP contribution in [0.5, 0.6) is 0 Å². The minimum Gasteiger partial charge on any atom is -0.392 e. The second-order valence-corrected chi connectivity index (χ2v) is 3.60. The minimum atomic E-state index is -2.58. The van der Waals surface area contributed by atoms with Crippen LogP contribution in [0.4, 0.5) is 8.78 Å². The molecular weight excluding hydrogens is 291 g/mol. The van der Waals surface area contributed by atoms with E-state index in [-0.39, 0.29) is 21.4 Å². The Morgan fingerprint density at radius 2 is 2.23 bits per heavy atom. The number of aliphatic hydroxyl groups is 1. The van der Waals surface area contributed by atoms with E-state index < -0.39 is 6.43 Å². The largest absolute Gasteiger partial charge is 0.392 e. The van der Waals surface area contributed by atoms with Crippen LogP contribution in [0.25, 0.3) is 0 Å². The van der Waals surface area contributed by atoms with Gasteiger partial charge in [-0.3, -0.25) is 0 Å². The molecule has 1 N–H and O–H groups in total. The van der Waals surface area contributed by atoms with Gasteiger partial charge in [0.15, 0.2) is 0 Å². The average Bonchev–Trinajstić information content (AvgIpc) is 2.07. The molecule has 1 aromatic rings. The predicted octanol–water partition coefficient (Wildman–Crippen LogP) is 2.42. The average molecular weight is 299 g/mol. The number of aryl methyl sites for hydroxylation is 1. The van der Waals surface area contributed by atoms with Gasteiger partial charge in [-0.05, 0) is 40.6 Å². The van der Waals surface area contributed by atoms with Crippen molar-refractivity contribution >= 4 is 22.6 Å². The highest BCUT2D eigenvalue weighted by Crippen LogP contribution is 2.28. The van der Waals surface area contributed by atoms with Crippen molar-refractivity contribution in [2.45, 2.75) is 20.0 Å². The van der Waals surface area contributed by atoms with Crippen LogP contribution in [0.15, 0.2) is 6.20 Å². The van der Waals surface area contributed by atoms with E-state index in [1.165, 1.54) is 6.20 Å². The number of rotatable bonds is 2. The van der Waals surface area contributed by atoms with Crippen molar-refractivity contribution in [2.24, 2.45) is 0 Å². The maximum absolute atomic E-state index is 12.5. The van der Waals surface area contributed by atoms with Crippen molar-refractivity contribution in [3.8, 4) is 0 Å². The van der Waals surface area contributed by atoms with E-state index in [0.717, 1.165) is 0 Å². The van der Waals surface area contributed by atoms with Gasteiger partial charge >= 0.3 is 0 Å². The molecule has 0 saturated carbocycles. The second kappa shape index (κ2) is 4.28. The molecule has 0 saturated heterocycles. The zero-order valence-electron chi connectivity index (χ0n) is 6.89. The SMILES string of the molecule is Cc1cnc(I)c(C(F)F)c1CO. The van der Waals surface area contributed by atoms with E-state index in [4.69, 9.17) is 5.11 Å². The summed E-state index contributed by atoms with van der Waals surface area (Å²) in [5.74, 6) is 0. The first-order valence-electron chi connectivity index (χ1n) is 3.60. The molecule has 0 aliphatic carbocycles. The van der Waals surface area contributed by atoms with Crippen LogP contribution in [0.2, 0.25) is 0 Å². The molecule has 13 heavy (non-hydrogen) atoms. The van der Waals surface area contributed by atoms with Gasteiger partial charge in [0.05, 0.1) is 12.2 Å². The van der Waals surface area contributed by atoms with E-state index >= 15 is 0 Å². The number of halogens is 3. The van der Waals surface area contributed by atoms with Crippen molar-refractivity contribution < 1.29 is 13.9 Å². The first kappa shape index (κ1) is 10.8. The quantitative estimate of drug-likeness (QED) is 0.672. The first-order chi connectivity index (χ1) is 6.07. The van der Waals surface area contributed by atoms with E-state index in [2.05, 4.69) is 4.98 Å². The monoisotopic (exact) mass is 299 g/mol. The van der Waals surface area contributed by atoms with Crippen LogP contribution in [0, 0.1) is 10.6 Å². The van der Waals surface area contributed by atoms with Gasteiger partial charge in [-0.1, -0.05) is 0 Å². The normalized spacial score (nSPS) is 10.9. The summed E-state index contributed by atoms with van der Waals surface area (Å²) in [4.78, 5) is 3.80. The number of alkyl halides is 2. The maximum Gasteiger partial charge on any atom is 0.266 e. The molecule has 0 amide bonds. The highest BCUT2D eigenvalue weighted by molar-refractivity contribution is 14.1.